The van der Waals surface area contributed by atoms with Crippen LogP contribution in [0.3, 0.4) is 0 Å². The lowest BCUT2D eigenvalue weighted by Crippen LogP contribution is -2.13. The Hall–Kier alpha value is -2.01. The predicted molar refractivity (Wildman–Crippen MR) is 97.2 cm³/mol. The number of aromatic nitrogens is 2. The number of amides is 1. The molecule has 0 aliphatic carbocycles. The third-order valence-corrected chi connectivity index (χ3v) is 4.26. The fourth-order valence-corrected chi connectivity index (χ4v) is 2.86. The van der Waals surface area contributed by atoms with E-state index in [1.165, 1.54) is 0 Å². The van der Waals surface area contributed by atoms with Crippen LogP contribution in [0.25, 0.3) is 0 Å². The van der Waals surface area contributed by atoms with Gasteiger partial charge in [-0.25, -0.2) is 0 Å². The molecule has 2 aromatic carbocycles. The number of nitrogens with one attached hydrogen (secondary N) is 1. The van der Waals surface area contributed by atoms with Crippen molar-refractivity contribution in [2.75, 3.05) is 5.32 Å². The molecule has 122 valence electrons. The van der Waals surface area contributed by atoms with Crippen molar-refractivity contribution in [3.63, 3.8) is 0 Å². The van der Waals surface area contributed by atoms with E-state index in [0.717, 1.165) is 5.56 Å². The third-order valence-electron chi connectivity index (χ3n) is 3.35. The number of benzene rings is 2. The molecule has 7 heteroatoms. The second kappa shape index (κ2) is 7.26. The smallest absolute Gasteiger partial charge is 0.258 e. The van der Waals surface area contributed by atoms with Gasteiger partial charge in [0.05, 0.1) is 17.1 Å². The van der Waals surface area contributed by atoms with E-state index in [-0.39, 0.29) is 5.91 Å². The average Bonchev–Trinajstić information content (AvgIpc) is 2.97. The molecule has 0 saturated carbocycles. The minimum absolute atomic E-state index is 0.310. The van der Waals surface area contributed by atoms with E-state index < -0.39 is 0 Å². The number of rotatable bonds is 4. The Labute approximate surface area is 154 Å². The van der Waals surface area contributed by atoms with Crippen molar-refractivity contribution in [2.45, 2.75) is 6.54 Å². The van der Waals surface area contributed by atoms with Gasteiger partial charge in [-0.15, -0.1) is 0 Å². The first-order valence-electron chi connectivity index (χ1n) is 7.06. The van der Waals surface area contributed by atoms with Gasteiger partial charge in [-0.2, -0.15) is 5.10 Å². The number of anilines is 1. The molecule has 0 aliphatic heterocycles. The van der Waals surface area contributed by atoms with Gasteiger partial charge in [0.25, 0.3) is 5.91 Å². The summed E-state index contributed by atoms with van der Waals surface area (Å²) >= 11 is 18.1. The standard InChI is InChI=1S/C17H12Cl3N3O/c18-12-6-5-11(15(20)9-12)10-23-8-7-16(22-23)21-17(24)13-3-1-2-4-14(13)19/h1-9H,10H2,(H,21,22,24). The maximum atomic E-state index is 12.2. The molecule has 0 radical (unpaired) electrons. The molecule has 24 heavy (non-hydrogen) atoms. The molecule has 4 nitrogen and oxygen atoms in total. The highest BCUT2D eigenvalue weighted by Crippen LogP contribution is 2.22. The van der Waals surface area contributed by atoms with Crippen LogP contribution in [0.2, 0.25) is 15.1 Å². The zero-order valence-corrected chi connectivity index (χ0v) is 14.6. The third kappa shape index (κ3) is 3.90. The van der Waals surface area contributed by atoms with Crippen LogP contribution in [0.15, 0.2) is 54.7 Å². The Morgan fingerprint density at radius 1 is 1.04 bits per heavy atom. The summed E-state index contributed by atoms with van der Waals surface area (Å²) in [7, 11) is 0. The first-order chi connectivity index (χ1) is 11.5. The van der Waals surface area contributed by atoms with Crippen LogP contribution >= 0.6 is 34.8 Å². The summed E-state index contributed by atoms with van der Waals surface area (Å²) in [4.78, 5) is 12.2. The predicted octanol–water partition coefficient (Wildman–Crippen LogP) is 5.14. The van der Waals surface area contributed by atoms with Crippen LogP contribution in [0, 0.1) is 0 Å². The van der Waals surface area contributed by atoms with Gasteiger partial charge >= 0.3 is 0 Å². The van der Waals surface area contributed by atoms with Crippen molar-refractivity contribution >= 4 is 46.5 Å². The molecular formula is C17H12Cl3N3O. The lowest BCUT2D eigenvalue weighted by atomic mass is 10.2. The largest absolute Gasteiger partial charge is 0.305 e. The Morgan fingerprint density at radius 2 is 1.83 bits per heavy atom. The first kappa shape index (κ1) is 16.8. The highest BCUT2D eigenvalue weighted by molar-refractivity contribution is 6.35. The topological polar surface area (TPSA) is 46.9 Å². The van der Waals surface area contributed by atoms with E-state index in [4.69, 9.17) is 34.8 Å². The molecule has 0 spiro atoms. The summed E-state index contributed by atoms with van der Waals surface area (Å²) in [6.07, 6.45) is 1.76. The number of nitrogens with zero attached hydrogens (tertiary/aromatic N) is 2. The summed E-state index contributed by atoms with van der Waals surface area (Å²) in [6.45, 7) is 0.470. The quantitative estimate of drug-likeness (QED) is 0.681. The molecule has 0 unspecified atom stereocenters. The highest BCUT2D eigenvalue weighted by Gasteiger charge is 2.11. The van der Waals surface area contributed by atoms with Gasteiger partial charge in [0.1, 0.15) is 0 Å². The fraction of sp³-hybridized carbons (Fsp3) is 0.0588. The van der Waals surface area contributed by atoms with Crippen molar-refractivity contribution in [1.29, 1.82) is 0 Å². The molecule has 3 rings (SSSR count). The summed E-state index contributed by atoms with van der Waals surface area (Å²) in [6, 6.07) is 13.8. The van der Waals surface area contributed by atoms with Gasteiger partial charge in [-0.3, -0.25) is 9.48 Å². The normalized spacial score (nSPS) is 10.6. The fourth-order valence-electron chi connectivity index (χ4n) is 2.17. The molecule has 0 aliphatic rings. The molecule has 0 fully saturated rings. The number of hydrogen-bond donors (Lipinski definition) is 1. The Kier molecular flexibility index (Phi) is 5.09. The van der Waals surface area contributed by atoms with Crippen LogP contribution in [0.1, 0.15) is 15.9 Å². The highest BCUT2D eigenvalue weighted by atomic mass is 35.5. The first-order valence-corrected chi connectivity index (χ1v) is 8.19. The molecule has 1 N–H and O–H groups in total. The van der Waals surface area contributed by atoms with Crippen LogP contribution < -0.4 is 5.32 Å². The number of halogens is 3. The summed E-state index contributed by atoms with van der Waals surface area (Å²) in [5, 5.41) is 8.57. The van der Waals surface area contributed by atoms with Crippen LogP contribution in [-0.2, 0) is 6.54 Å². The van der Waals surface area contributed by atoms with Gasteiger partial charge in [-0.05, 0) is 29.8 Å². The maximum Gasteiger partial charge on any atom is 0.258 e. The van der Waals surface area contributed by atoms with E-state index in [0.29, 0.717) is 33.0 Å². The molecule has 1 amide bonds. The van der Waals surface area contributed by atoms with Crippen molar-refractivity contribution in [3.8, 4) is 0 Å². The number of carbonyl (C=O) groups is 1. The van der Waals surface area contributed by atoms with E-state index in [2.05, 4.69) is 10.4 Å². The van der Waals surface area contributed by atoms with Gasteiger partial charge in [-0.1, -0.05) is 53.0 Å². The second-order valence-corrected chi connectivity index (χ2v) is 6.32. The SMILES string of the molecule is O=C(Nc1ccn(Cc2ccc(Cl)cc2Cl)n1)c1ccccc1Cl. The van der Waals surface area contributed by atoms with Gasteiger partial charge in [0.2, 0.25) is 0 Å². The zero-order chi connectivity index (χ0) is 17.1. The Bertz CT molecular complexity index is 892. The van der Waals surface area contributed by atoms with E-state index in [1.807, 2.05) is 6.07 Å². The van der Waals surface area contributed by atoms with Crippen molar-refractivity contribution in [3.05, 3.63) is 80.9 Å². The average molecular weight is 381 g/mol. The summed E-state index contributed by atoms with van der Waals surface area (Å²) < 4.78 is 1.68. The molecule has 1 heterocycles. The summed E-state index contributed by atoms with van der Waals surface area (Å²) in [5.41, 5.74) is 1.28. The van der Waals surface area contributed by atoms with Crippen LogP contribution in [-0.4, -0.2) is 15.7 Å². The van der Waals surface area contributed by atoms with E-state index >= 15 is 0 Å². The monoisotopic (exact) mass is 379 g/mol. The molecule has 0 bridgehead atoms. The van der Waals surface area contributed by atoms with Crippen molar-refractivity contribution in [2.24, 2.45) is 0 Å². The van der Waals surface area contributed by atoms with E-state index in [1.54, 1.807) is 53.3 Å². The van der Waals surface area contributed by atoms with Crippen LogP contribution in [0.5, 0.6) is 0 Å². The lowest BCUT2D eigenvalue weighted by molar-refractivity contribution is 0.102. The molecule has 1 aromatic heterocycles. The number of hydrogen-bond acceptors (Lipinski definition) is 2. The maximum absolute atomic E-state index is 12.2. The Morgan fingerprint density at radius 3 is 2.58 bits per heavy atom. The van der Waals surface area contributed by atoms with Crippen molar-refractivity contribution in [1.82, 2.24) is 9.78 Å². The molecular weight excluding hydrogens is 369 g/mol. The molecule has 3 aromatic rings. The summed E-state index contributed by atoms with van der Waals surface area (Å²) in [5.74, 6) is 0.125. The van der Waals surface area contributed by atoms with Gasteiger partial charge < -0.3 is 5.32 Å². The Balaban J connectivity index is 1.72. The molecule has 0 atom stereocenters. The van der Waals surface area contributed by atoms with E-state index in [9.17, 15) is 4.79 Å². The minimum Gasteiger partial charge on any atom is -0.305 e. The molecule has 0 saturated heterocycles. The van der Waals surface area contributed by atoms with Crippen molar-refractivity contribution < 1.29 is 4.79 Å². The zero-order valence-electron chi connectivity index (χ0n) is 12.3. The second-order valence-electron chi connectivity index (χ2n) is 5.07. The number of carbonyl (C=O) groups excluding carboxylic acids is 1. The van der Waals surface area contributed by atoms with Gasteiger partial charge in [0, 0.05) is 22.3 Å². The minimum atomic E-state index is -0.310. The van der Waals surface area contributed by atoms with Crippen LogP contribution in [0.4, 0.5) is 5.82 Å². The van der Waals surface area contributed by atoms with Gasteiger partial charge in [0.15, 0.2) is 5.82 Å². The lowest BCUT2D eigenvalue weighted by Gasteiger charge is -2.06.